The quantitative estimate of drug-likeness (QED) is 0.761. The summed E-state index contributed by atoms with van der Waals surface area (Å²) >= 11 is 0. The Morgan fingerprint density at radius 1 is 1.11 bits per heavy atom. The Morgan fingerprint density at radius 2 is 1.78 bits per heavy atom. The Kier molecular flexibility index (Phi) is 7.27. The molecular weight excluding hydrogens is 346 g/mol. The Balaban J connectivity index is 1.88. The summed E-state index contributed by atoms with van der Waals surface area (Å²) in [5.74, 6) is 0.0238. The van der Waals surface area contributed by atoms with Gasteiger partial charge in [0.05, 0.1) is 0 Å². The summed E-state index contributed by atoms with van der Waals surface area (Å²) < 4.78 is 5.29. The predicted molar refractivity (Wildman–Crippen MR) is 103 cm³/mol. The molecule has 1 atom stereocenters. The molecule has 0 spiro atoms. The van der Waals surface area contributed by atoms with Crippen LogP contribution in [0.5, 0.6) is 0 Å². The van der Waals surface area contributed by atoms with Crippen molar-refractivity contribution in [3.05, 3.63) is 12.7 Å². The first-order chi connectivity index (χ1) is 12.7. The van der Waals surface area contributed by atoms with Gasteiger partial charge in [0.15, 0.2) is 0 Å². The monoisotopic (exact) mass is 379 g/mol. The molecule has 152 valence electrons. The van der Waals surface area contributed by atoms with Gasteiger partial charge < -0.3 is 19.9 Å². The van der Waals surface area contributed by atoms with Crippen molar-refractivity contribution in [3.8, 4) is 0 Å². The van der Waals surface area contributed by atoms with Crippen LogP contribution >= 0.6 is 0 Å². The van der Waals surface area contributed by atoms with Crippen LogP contribution in [0.3, 0.4) is 0 Å². The van der Waals surface area contributed by atoms with Gasteiger partial charge in [0.1, 0.15) is 5.60 Å². The second kappa shape index (κ2) is 9.24. The van der Waals surface area contributed by atoms with E-state index in [-0.39, 0.29) is 23.8 Å². The fraction of sp³-hybridized carbons (Fsp3) is 0.750. The summed E-state index contributed by atoms with van der Waals surface area (Å²) in [7, 11) is 0. The Hall–Kier alpha value is -2.05. The lowest BCUT2D eigenvalue weighted by Gasteiger charge is -2.40. The van der Waals surface area contributed by atoms with E-state index in [4.69, 9.17) is 4.74 Å². The van der Waals surface area contributed by atoms with E-state index >= 15 is 0 Å². The Labute approximate surface area is 162 Å². The van der Waals surface area contributed by atoms with Gasteiger partial charge in [-0.3, -0.25) is 9.59 Å². The van der Waals surface area contributed by atoms with E-state index in [2.05, 4.69) is 11.9 Å². The first-order valence-electron chi connectivity index (χ1n) is 9.90. The van der Waals surface area contributed by atoms with Gasteiger partial charge in [-0.15, -0.1) is 0 Å². The normalized spacial score (nSPS) is 21.5. The number of hydrogen-bond donors (Lipinski definition) is 1. The molecule has 2 aliphatic rings. The Bertz CT molecular complexity index is 562. The number of carbonyl (C=O) groups excluding carboxylic acids is 3. The SMILES string of the molecule is C=CC(=O)N1CCC(C(=O)N2CCCC[C@H]2CNC(=O)OC(C)(C)C)CC1. The standard InChI is InChI=1S/C20H33N3O4/c1-5-17(24)22-12-9-15(10-13-22)18(25)23-11-7-6-8-16(23)14-21-19(26)27-20(2,3)4/h5,15-16H,1,6-14H2,2-4H3,(H,21,26)/t16-/m0/s1. The third-order valence-corrected chi connectivity index (χ3v) is 5.12. The zero-order valence-electron chi connectivity index (χ0n) is 16.8. The molecule has 0 aromatic rings. The molecule has 0 radical (unpaired) electrons. The summed E-state index contributed by atoms with van der Waals surface area (Å²) in [5, 5.41) is 2.81. The van der Waals surface area contributed by atoms with Gasteiger partial charge in [-0.1, -0.05) is 6.58 Å². The summed E-state index contributed by atoms with van der Waals surface area (Å²) in [6.07, 6.45) is 5.17. The van der Waals surface area contributed by atoms with Crippen LogP contribution in [-0.2, 0) is 14.3 Å². The number of alkyl carbamates (subject to hydrolysis) is 1. The topological polar surface area (TPSA) is 79.0 Å². The fourth-order valence-electron chi connectivity index (χ4n) is 3.73. The molecule has 0 aromatic carbocycles. The second-order valence-corrected chi connectivity index (χ2v) is 8.37. The molecule has 0 bridgehead atoms. The number of hydrogen-bond acceptors (Lipinski definition) is 4. The lowest BCUT2D eigenvalue weighted by molar-refractivity contribution is -0.142. The summed E-state index contributed by atoms with van der Waals surface area (Å²) in [6, 6.07) is 0.00612. The number of amides is 3. The van der Waals surface area contributed by atoms with E-state index in [1.807, 2.05) is 25.7 Å². The third-order valence-electron chi connectivity index (χ3n) is 5.12. The number of nitrogens with zero attached hydrogens (tertiary/aromatic N) is 2. The van der Waals surface area contributed by atoms with Crippen LogP contribution in [0.25, 0.3) is 0 Å². The number of piperidine rings is 2. The van der Waals surface area contributed by atoms with Crippen molar-refractivity contribution in [2.75, 3.05) is 26.2 Å². The van der Waals surface area contributed by atoms with Crippen LogP contribution in [0.4, 0.5) is 4.79 Å². The molecule has 27 heavy (non-hydrogen) atoms. The van der Waals surface area contributed by atoms with Crippen LogP contribution in [0.15, 0.2) is 12.7 Å². The van der Waals surface area contributed by atoms with Crippen LogP contribution in [0.1, 0.15) is 52.9 Å². The van der Waals surface area contributed by atoms with Crippen LogP contribution in [-0.4, -0.2) is 65.5 Å². The van der Waals surface area contributed by atoms with E-state index in [1.165, 1.54) is 6.08 Å². The average molecular weight is 380 g/mol. The van der Waals surface area contributed by atoms with Crippen molar-refractivity contribution >= 4 is 17.9 Å². The van der Waals surface area contributed by atoms with Crippen molar-refractivity contribution in [2.45, 2.75) is 64.5 Å². The first-order valence-corrected chi connectivity index (χ1v) is 9.90. The predicted octanol–water partition coefficient (Wildman–Crippen LogP) is 2.32. The van der Waals surface area contributed by atoms with Gasteiger partial charge in [0.2, 0.25) is 11.8 Å². The highest BCUT2D eigenvalue weighted by atomic mass is 16.6. The minimum atomic E-state index is -0.539. The molecule has 2 fully saturated rings. The lowest BCUT2D eigenvalue weighted by atomic mass is 9.92. The molecule has 3 amide bonds. The molecule has 2 rings (SSSR count). The number of rotatable bonds is 4. The largest absolute Gasteiger partial charge is 0.444 e. The second-order valence-electron chi connectivity index (χ2n) is 8.37. The molecule has 2 saturated heterocycles. The van der Waals surface area contributed by atoms with E-state index in [0.717, 1.165) is 25.8 Å². The van der Waals surface area contributed by atoms with Crippen molar-refractivity contribution in [1.82, 2.24) is 15.1 Å². The maximum atomic E-state index is 13.0. The molecule has 0 aliphatic carbocycles. The molecule has 7 heteroatoms. The van der Waals surface area contributed by atoms with Crippen molar-refractivity contribution in [1.29, 1.82) is 0 Å². The van der Waals surface area contributed by atoms with Gasteiger partial charge in [-0.25, -0.2) is 4.79 Å². The van der Waals surface area contributed by atoms with E-state index < -0.39 is 11.7 Å². The fourth-order valence-corrected chi connectivity index (χ4v) is 3.73. The number of ether oxygens (including phenoxy) is 1. The molecule has 7 nitrogen and oxygen atoms in total. The summed E-state index contributed by atoms with van der Waals surface area (Å²) in [5.41, 5.74) is -0.539. The minimum Gasteiger partial charge on any atom is -0.444 e. The first kappa shape index (κ1) is 21.3. The molecule has 0 saturated carbocycles. The van der Waals surface area contributed by atoms with Crippen molar-refractivity contribution < 1.29 is 19.1 Å². The third kappa shape index (κ3) is 6.26. The van der Waals surface area contributed by atoms with Gasteiger partial charge >= 0.3 is 6.09 Å². The molecule has 0 aromatic heterocycles. The smallest absolute Gasteiger partial charge is 0.407 e. The van der Waals surface area contributed by atoms with Gasteiger partial charge in [0.25, 0.3) is 0 Å². The lowest BCUT2D eigenvalue weighted by Crippen LogP contribution is -2.53. The van der Waals surface area contributed by atoms with E-state index in [9.17, 15) is 14.4 Å². The zero-order chi connectivity index (χ0) is 20.0. The maximum absolute atomic E-state index is 13.0. The highest BCUT2D eigenvalue weighted by Crippen LogP contribution is 2.25. The van der Waals surface area contributed by atoms with E-state index in [0.29, 0.717) is 32.5 Å². The maximum Gasteiger partial charge on any atom is 0.407 e. The molecule has 2 heterocycles. The van der Waals surface area contributed by atoms with Crippen molar-refractivity contribution in [2.24, 2.45) is 5.92 Å². The van der Waals surface area contributed by atoms with Gasteiger partial charge in [0, 0.05) is 38.1 Å². The minimum absolute atomic E-state index is 0.00612. The molecular formula is C20H33N3O4. The molecule has 0 unspecified atom stereocenters. The van der Waals surface area contributed by atoms with Crippen LogP contribution < -0.4 is 5.32 Å². The average Bonchev–Trinajstić information content (AvgIpc) is 2.64. The molecule has 2 aliphatic heterocycles. The number of likely N-dealkylation sites (tertiary alicyclic amines) is 2. The number of carbonyl (C=O) groups is 3. The highest BCUT2D eigenvalue weighted by Gasteiger charge is 2.34. The van der Waals surface area contributed by atoms with Crippen molar-refractivity contribution in [3.63, 3.8) is 0 Å². The Morgan fingerprint density at radius 3 is 2.37 bits per heavy atom. The van der Waals surface area contributed by atoms with Gasteiger partial charge in [-0.05, 0) is 59.0 Å². The number of nitrogens with one attached hydrogen (secondary N) is 1. The van der Waals surface area contributed by atoms with Crippen LogP contribution in [0, 0.1) is 5.92 Å². The summed E-state index contributed by atoms with van der Waals surface area (Å²) in [4.78, 5) is 40.3. The zero-order valence-corrected chi connectivity index (χ0v) is 16.8. The highest BCUT2D eigenvalue weighted by molar-refractivity contribution is 5.87. The summed E-state index contributed by atoms with van der Waals surface area (Å²) in [6.45, 7) is 11.3. The van der Waals surface area contributed by atoms with Crippen LogP contribution in [0.2, 0.25) is 0 Å². The molecule has 1 N–H and O–H groups in total. The van der Waals surface area contributed by atoms with E-state index in [1.54, 1.807) is 4.90 Å². The van der Waals surface area contributed by atoms with Gasteiger partial charge in [-0.2, -0.15) is 0 Å².